The molecule has 0 aromatic rings. The van der Waals surface area contributed by atoms with Gasteiger partial charge in [0.25, 0.3) is 0 Å². The summed E-state index contributed by atoms with van der Waals surface area (Å²) in [6.07, 6.45) is 5.25. The zero-order chi connectivity index (χ0) is 5.28. The van der Waals surface area contributed by atoms with Crippen LogP contribution in [0.2, 0.25) is 0 Å². The van der Waals surface area contributed by atoms with E-state index in [4.69, 9.17) is 0 Å². The van der Waals surface area contributed by atoms with Crippen LogP contribution in [0.25, 0.3) is 0 Å². The molecule has 0 bridgehead atoms. The van der Waals surface area contributed by atoms with E-state index in [0.29, 0.717) is 0 Å². The SMILES string of the molecule is CC1=[C]([Co])CC=C1. The number of rotatable bonds is 0. The third-order valence-electron chi connectivity index (χ3n) is 1.07. The monoisotopic (exact) mass is 138 g/mol. The zero-order valence-electron chi connectivity index (χ0n) is 4.20. The number of hydrogen-bond acceptors (Lipinski definition) is 0. The van der Waals surface area contributed by atoms with Gasteiger partial charge in [0.2, 0.25) is 0 Å². The van der Waals surface area contributed by atoms with Crippen LogP contribution < -0.4 is 0 Å². The molecule has 40 valence electrons. The van der Waals surface area contributed by atoms with Gasteiger partial charge in [0, 0.05) is 0 Å². The maximum absolute atomic E-state index is 4.25. The predicted molar refractivity (Wildman–Crippen MR) is 26.5 cm³/mol. The summed E-state index contributed by atoms with van der Waals surface area (Å²) >= 11 is 4.25. The zero-order valence-corrected chi connectivity index (χ0v) is 5.24. The van der Waals surface area contributed by atoms with Crippen molar-refractivity contribution >= 4 is 0 Å². The topological polar surface area (TPSA) is 0 Å². The van der Waals surface area contributed by atoms with Crippen molar-refractivity contribution in [3.05, 3.63) is 22.2 Å². The van der Waals surface area contributed by atoms with E-state index in [1.807, 2.05) is 0 Å². The van der Waals surface area contributed by atoms with E-state index in [1.54, 1.807) is 0 Å². The first kappa shape index (κ1) is 5.13. The number of allylic oxidation sites excluding steroid dienone is 4. The Morgan fingerprint density at radius 2 is 2.43 bits per heavy atom. The molecule has 0 radical (unpaired) electrons. The third kappa shape index (κ3) is 0.954. The number of hydrogen-bond donors (Lipinski definition) is 0. The molecule has 1 heteroatoms. The van der Waals surface area contributed by atoms with Crippen LogP contribution in [0.15, 0.2) is 22.2 Å². The molecular formula is C6H7Co. The summed E-state index contributed by atoms with van der Waals surface area (Å²) < 4.78 is 1.20. The standard InChI is InChI=1S/C6H7.Co/c1-6-4-2-3-5-6;/h2,4H,3H2,1H3;. The van der Waals surface area contributed by atoms with Crippen LogP contribution in [0, 0.1) is 0 Å². The molecule has 0 aliphatic heterocycles. The second-order valence-corrected chi connectivity index (χ2v) is 2.30. The van der Waals surface area contributed by atoms with Crippen molar-refractivity contribution in [3.8, 4) is 0 Å². The molecule has 1 aliphatic rings. The summed E-state index contributed by atoms with van der Waals surface area (Å²) in [5, 5.41) is 0. The fourth-order valence-corrected chi connectivity index (χ4v) is 0.791. The molecule has 7 heavy (non-hydrogen) atoms. The van der Waals surface area contributed by atoms with Gasteiger partial charge in [-0.3, -0.25) is 0 Å². The Labute approximate surface area is 51.9 Å². The second kappa shape index (κ2) is 1.84. The van der Waals surface area contributed by atoms with Crippen molar-refractivity contribution in [3.63, 3.8) is 0 Å². The van der Waals surface area contributed by atoms with Gasteiger partial charge in [0.15, 0.2) is 0 Å². The Kier molecular flexibility index (Phi) is 1.35. The molecule has 1 rings (SSSR count). The average molecular weight is 138 g/mol. The minimum absolute atomic E-state index is 1.03. The van der Waals surface area contributed by atoms with Crippen molar-refractivity contribution in [2.24, 2.45) is 0 Å². The van der Waals surface area contributed by atoms with E-state index in [1.165, 1.54) is 10.1 Å². The molecule has 0 fully saturated rings. The van der Waals surface area contributed by atoms with E-state index in [-0.39, 0.29) is 0 Å². The van der Waals surface area contributed by atoms with Gasteiger partial charge in [0.05, 0.1) is 0 Å². The van der Waals surface area contributed by atoms with Crippen molar-refractivity contribution in [1.29, 1.82) is 0 Å². The van der Waals surface area contributed by atoms with E-state index in [9.17, 15) is 0 Å². The van der Waals surface area contributed by atoms with Crippen LogP contribution in [0.3, 0.4) is 0 Å². The Morgan fingerprint density at radius 3 is 2.57 bits per heavy atom. The molecule has 0 spiro atoms. The summed E-state index contributed by atoms with van der Waals surface area (Å²) in [7, 11) is 0. The van der Waals surface area contributed by atoms with Gasteiger partial charge in [-0.25, -0.2) is 0 Å². The Hall–Kier alpha value is -0.0135. The Bertz CT molecular complexity index is 131. The molecule has 0 aromatic carbocycles. The van der Waals surface area contributed by atoms with E-state index >= 15 is 0 Å². The predicted octanol–water partition coefficient (Wildman–Crippen LogP) is 1.77. The molecular weight excluding hydrogens is 131 g/mol. The van der Waals surface area contributed by atoms with Crippen LogP contribution in [0.1, 0.15) is 13.3 Å². The van der Waals surface area contributed by atoms with Gasteiger partial charge in [-0.15, -0.1) is 0 Å². The van der Waals surface area contributed by atoms with Crippen molar-refractivity contribution < 1.29 is 15.7 Å². The first-order valence-corrected chi connectivity index (χ1v) is 2.82. The van der Waals surface area contributed by atoms with Crippen LogP contribution in [0.5, 0.6) is 0 Å². The maximum atomic E-state index is 4.25. The van der Waals surface area contributed by atoms with Gasteiger partial charge in [-0.2, -0.15) is 0 Å². The summed E-state index contributed by atoms with van der Waals surface area (Å²) in [6.45, 7) is 2.07. The summed E-state index contributed by atoms with van der Waals surface area (Å²) in [5.41, 5.74) is 1.31. The quantitative estimate of drug-likeness (QED) is 0.478. The molecule has 0 unspecified atom stereocenters. The van der Waals surface area contributed by atoms with Gasteiger partial charge in [-0.05, 0) is 0 Å². The second-order valence-electron chi connectivity index (χ2n) is 1.67. The van der Waals surface area contributed by atoms with E-state index in [2.05, 4.69) is 34.8 Å². The molecule has 0 N–H and O–H groups in total. The molecule has 0 atom stereocenters. The van der Waals surface area contributed by atoms with Crippen LogP contribution in [-0.4, -0.2) is 0 Å². The Balaban J connectivity index is 2.79. The molecule has 1 aliphatic carbocycles. The van der Waals surface area contributed by atoms with Crippen molar-refractivity contribution in [2.45, 2.75) is 13.3 Å². The molecule has 0 aromatic heterocycles. The average Bonchev–Trinajstić information content (AvgIpc) is 1.91. The summed E-state index contributed by atoms with van der Waals surface area (Å²) in [5.74, 6) is 0. The van der Waals surface area contributed by atoms with E-state index in [0.717, 1.165) is 6.42 Å². The molecule has 0 heterocycles. The van der Waals surface area contributed by atoms with Crippen LogP contribution in [-0.2, 0) is 15.7 Å². The molecule has 0 amide bonds. The fraction of sp³-hybridized carbons (Fsp3) is 0.333. The van der Waals surface area contributed by atoms with E-state index < -0.39 is 0 Å². The first-order valence-electron chi connectivity index (χ1n) is 2.30. The van der Waals surface area contributed by atoms with Gasteiger partial charge in [0.1, 0.15) is 0 Å². The molecule has 0 saturated carbocycles. The summed E-state index contributed by atoms with van der Waals surface area (Å²) in [4.78, 5) is 0. The van der Waals surface area contributed by atoms with Gasteiger partial charge < -0.3 is 0 Å². The molecule has 0 nitrogen and oxygen atoms in total. The van der Waals surface area contributed by atoms with Crippen LogP contribution >= 0.6 is 0 Å². The Morgan fingerprint density at radius 1 is 1.71 bits per heavy atom. The fourth-order valence-electron chi connectivity index (χ4n) is 0.582. The van der Waals surface area contributed by atoms with Gasteiger partial charge >= 0.3 is 51.3 Å². The van der Waals surface area contributed by atoms with Crippen LogP contribution in [0.4, 0.5) is 0 Å². The third-order valence-corrected chi connectivity index (χ3v) is 1.69. The molecule has 0 saturated heterocycles. The summed E-state index contributed by atoms with van der Waals surface area (Å²) in [6, 6.07) is 0. The van der Waals surface area contributed by atoms with Gasteiger partial charge in [-0.1, -0.05) is 0 Å². The first-order chi connectivity index (χ1) is 3.30. The van der Waals surface area contributed by atoms with Crippen molar-refractivity contribution in [2.75, 3.05) is 0 Å². The normalized spacial score (nSPS) is 19.3. The van der Waals surface area contributed by atoms with Crippen molar-refractivity contribution in [1.82, 2.24) is 0 Å². The minimum atomic E-state index is 1.03.